The lowest BCUT2D eigenvalue weighted by molar-refractivity contribution is -0.133. The van der Waals surface area contributed by atoms with Gasteiger partial charge in [0.2, 0.25) is 15.9 Å². The highest BCUT2D eigenvalue weighted by Gasteiger charge is 2.31. The van der Waals surface area contributed by atoms with Gasteiger partial charge in [-0.1, -0.05) is 24.3 Å². The zero-order valence-corrected chi connectivity index (χ0v) is 20.3. The van der Waals surface area contributed by atoms with Gasteiger partial charge in [-0.25, -0.2) is 12.8 Å². The molecule has 1 unspecified atom stereocenters. The monoisotopic (exact) mass is 479 g/mol. The van der Waals surface area contributed by atoms with Crippen LogP contribution < -0.4 is 9.62 Å². The summed E-state index contributed by atoms with van der Waals surface area (Å²) in [7, 11) is -3.85. The minimum absolute atomic E-state index is 0.198. The van der Waals surface area contributed by atoms with Crippen molar-refractivity contribution >= 4 is 33.4 Å². The van der Waals surface area contributed by atoms with E-state index >= 15 is 0 Å². The van der Waals surface area contributed by atoms with Gasteiger partial charge in [-0.3, -0.25) is 4.79 Å². The molecule has 174 valence electrons. The molecule has 6 nitrogen and oxygen atoms in total. The molecule has 0 bridgehead atoms. The van der Waals surface area contributed by atoms with Crippen LogP contribution in [0.1, 0.15) is 17.5 Å². The number of carbonyl (C=O) groups is 1. The molecule has 1 fully saturated rings. The summed E-state index contributed by atoms with van der Waals surface area (Å²) in [5.41, 5.74) is 2.00. The molecule has 0 aromatic heterocycles. The molecule has 1 aliphatic rings. The predicted molar refractivity (Wildman–Crippen MR) is 128 cm³/mol. The van der Waals surface area contributed by atoms with Crippen LogP contribution in [0.15, 0.2) is 47.4 Å². The van der Waals surface area contributed by atoms with Crippen LogP contribution in [0.25, 0.3) is 0 Å². The molecular weight excluding hydrogens is 449 g/mol. The number of piperazine rings is 1. The van der Waals surface area contributed by atoms with Gasteiger partial charge in [-0.15, -0.1) is 0 Å². The number of thioether (sulfide) groups is 1. The van der Waals surface area contributed by atoms with Crippen molar-refractivity contribution in [3.8, 4) is 0 Å². The number of halogens is 1. The Morgan fingerprint density at radius 1 is 1.12 bits per heavy atom. The van der Waals surface area contributed by atoms with Gasteiger partial charge >= 0.3 is 0 Å². The van der Waals surface area contributed by atoms with Crippen LogP contribution in [0.4, 0.5) is 10.1 Å². The van der Waals surface area contributed by atoms with E-state index in [0.717, 1.165) is 5.56 Å². The molecule has 0 radical (unpaired) electrons. The molecule has 2 aromatic carbocycles. The standard InChI is InChI=1S/C23H30FN3O3S2/c1-17-8-9-18(2)22(16-17)32(29,30)25-20(10-15-31-3)23(28)27-13-11-26(12-14-27)21-7-5-4-6-19(21)24/h4-9,16,20,25H,10-15H2,1-3H3. The number of benzene rings is 2. The number of hydrogen-bond donors (Lipinski definition) is 1. The molecule has 0 aliphatic carbocycles. The summed E-state index contributed by atoms with van der Waals surface area (Å²) in [4.78, 5) is 17.1. The van der Waals surface area contributed by atoms with Gasteiger partial charge in [0.15, 0.2) is 0 Å². The van der Waals surface area contributed by atoms with Crippen LogP contribution in [-0.2, 0) is 14.8 Å². The summed E-state index contributed by atoms with van der Waals surface area (Å²) >= 11 is 1.57. The Morgan fingerprint density at radius 3 is 2.47 bits per heavy atom. The molecule has 9 heteroatoms. The van der Waals surface area contributed by atoms with Crippen molar-refractivity contribution < 1.29 is 17.6 Å². The summed E-state index contributed by atoms with van der Waals surface area (Å²) in [6.45, 7) is 5.39. The SMILES string of the molecule is CSCCC(NS(=O)(=O)c1cc(C)ccc1C)C(=O)N1CCN(c2ccccc2F)CC1. The molecule has 1 N–H and O–H groups in total. The van der Waals surface area contributed by atoms with E-state index in [2.05, 4.69) is 4.72 Å². The Balaban J connectivity index is 1.72. The van der Waals surface area contributed by atoms with E-state index in [4.69, 9.17) is 0 Å². The van der Waals surface area contributed by atoms with Crippen LogP contribution in [0.3, 0.4) is 0 Å². The number of amides is 1. The molecule has 1 amide bonds. The van der Waals surface area contributed by atoms with Gasteiger partial charge < -0.3 is 9.80 Å². The summed E-state index contributed by atoms with van der Waals surface area (Å²) in [5, 5.41) is 0. The number of carbonyl (C=O) groups excluding carboxylic acids is 1. The lowest BCUT2D eigenvalue weighted by Gasteiger charge is -2.37. The first-order valence-corrected chi connectivity index (χ1v) is 13.5. The maximum atomic E-state index is 14.1. The van der Waals surface area contributed by atoms with Crippen LogP contribution in [0.2, 0.25) is 0 Å². The fourth-order valence-corrected chi connectivity index (χ4v) is 5.84. The third kappa shape index (κ3) is 5.82. The fraction of sp³-hybridized carbons (Fsp3) is 0.435. The van der Waals surface area contributed by atoms with Crippen molar-refractivity contribution in [1.82, 2.24) is 9.62 Å². The zero-order chi connectivity index (χ0) is 23.3. The van der Waals surface area contributed by atoms with Gasteiger partial charge in [0, 0.05) is 26.2 Å². The van der Waals surface area contributed by atoms with E-state index in [1.807, 2.05) is 24.1 Å². The number of anilines is 1. The van der Waals surface area contributed by atoms with Gasteiger partial charge in [0.25, 0.3) is 0 Å². The van der Waals surface area contributed by atoms with E-state index in [9.17, 15) is 17.6 Å². The van der Waals surface area contributed by atoms with E-state index in [0.29, 0.717) is 49.6 Å². The second-order valence-corrected chi connectivity index (χ2v) is 10.7. The highest BCUT2D eigenvalue weighted by molar-refractivity contribution is 7.98. The summed E-state index contributed by atoms with van der Waals surface area (Å²) in [5.74, 6) is 0.133. The largest absolute Gasteiger partial charge is 0.366 e. The van der Waals surface area contributed by atoms with Crippen LogP contribution in [0, 0.1) is 19.7 Å². The number of hydrogen-bond acceptors (Lipinski definition) is 5. The second-order valence-electron chi connectivity index (χ2n) is 7.99. The number of nitrogens with zero attached hydrogens (tertiary/aromatic N) is 2. The molecule has 3 rings (SSSR count). The summed E-state index contributed by atoms with van der Waals surface area (Å²) < 4.78 is 43.0. The van der Waals surface area contributed by atoms with Crippen molar-refractivity contribution in [2.45, 2.75) is 31.2 Å². The van der Waals surface area contributed by atoms with Gasteiger partial charge in [0.05, 0.1) is 10.6 Å². The van der Waals surface area contributed by atoms with E-state index in [-0.39, 0.29) is 16.6 Å². The van der Waals surface area contributed by atoms with Crippen molar-refractivity contribution in [2.75, 3.05) is 43.1 Å². The van der Waals surface area contributed by atoms with Crippen molar-refractivity contribution in [1.29, 1.82) is 0 Å². The fourth-order valence-electron chi connectivity index (χ4n) is 3.81. The maximum absolute atomic E-state index is 14.1. The minimum Gasteiger partial charge on any atom is -0.366 e. The Kier molecular flexibility index (Phi) is 8.19. The van der Waals surface area contributed by atoms with Crippen LogP contribution in [-0.4, -0.2) is 63.5 Å². The quantitative estimate of drug-likeness (QED) is 0.630. The summed E-state index contributed by atoms with van der Waals surface area (Å²) in [6, 6.07) is 11.0. The summed E-state index contributed by atoms with van der Waals surface area (Å²) in [6.07, 6.45) is 2.32. The molecule has 1 aliphatic heterocycles. The van der Waals surface area contributed by atoms with Crippen molar-refractivity contribution in [3.05, 3.63) is 59.4 Å². The Labute approximate surface area is 194 Å². The lowest BCUT2D eigenvalue weighted by Crippen LogP contribution is -2.55. The number of rotatable bonds is 8. The first-order valence-electron chi connectivity index (χ1n) is 10.6. The molecule has 0 spiro atoms. The molecule has 0 saturated carbocycles. The molecule has 2 aromatic rings. The Hall–Kier alpha value is -2.10. The third-order valence-corrected chi connectivity index (χ3v) is 7.88. The molecule has 1 saturated heterocycles. The number of sulfonamides is 1. The normalized spacial score (nSPS) is 15.6. The smallest absolute Gasteiger partial charge is 0.241 e. The molecule has 1 atom stereocenters. The van der Waals surface area contributed by atoms with Gasteiger partial charge in [-0.2, -0.15) is 16.5 Å². The molecule has 1 heterocycles. The predicted octanol–water partition coefficient (Wildman–Crippen LogP) is 3.19. The average Bonchev–Trinajstić information content (AvgIpc) is 2.78. The molecular formula is C23H30FN3O3S2. The minimum atomic E-state index is -3.85. The first-order chi connectivity index (χ1) is 15.2. The van der Waals surface area contributed by atoms with Crippen molar-refractivity contribution in [2.24, 2.45) is 0 Å². The van der Waals surface area contributed by atoms with E-state index in [1.54, 1.807) is 53.9 Å². The Morgan fingerprint density at radius 2 is 1.81 bits per heavy atom. The number of aryl methyl sites for hydroxylation is 2. The number of nitrogens with one attached hydrogen (secondary N) is 1. The zero-order valence-electron chi connectivity index (χ0n) is 18.7. The van der Waals surface area contributed by atoms with Crippen molar-refractivity contribution in [3.63, 3.8) is 0 Å². The van der Waals surface area contributed by atoms with E-state index in [1.165, 1.54) is 6.07 Å². The van der Waals surface area contributed by atoms with Gasteiger partial charge in [0.1, 0.15) is 11.9 Å². The first kappa shape index (κ1) is 24.5. The topological polar surface area (TPSA) is 69.7 Å². The van der Waals surface area contributed by atoms with E-state index < -0.39 is 16.1 Å². The van der Waals surface area contributed by atoms with Crippen LogP contribution >= 0.6 is 11.8 Å². The second kappa shape index (κ2) is 10.7. The van der Waals surface area contributed by atoms with Crippen LogP contribution in [0.5, 0.6) is 0 Å². The lowest BCUT2D eigenvalue weighted by atomic mass is 10.2. The molecule has 32 heavy (non-hydrogen) atoms. The van der Waals surface area contributed by atoms with Gasteiger partial charge in [-0.05, 0) is 61.6 Å². The average molecular weight is 480 g/mol. The highest BCUT2D eigenvalue weighted by atomic mass is 32.2. The highest BCUT2D eigenvalue weighted by Crippen LogP contribution is 2.22. The third-order valence-electron chi connectivity index (χ3n) is 5.62. The Bertz CT molecular complexity index is 1050. The number of para-hydroxylation sites is 1. The maximum Gasteiger partial charge on any atom is 0.241 e.